The molecule has 3 nitrogen and oxygen atoms in total. The van der Waals surface area contributed by atoms with Crippen molar-refractivity contribution >= 4 is 23.3 Å². The van der Waals surface area contributed by atoms with Crippen LogP contribution in [-0.4, -0.2) is 11.5 Å². The molecule has 0 bridgehead atoms. The summed E-state index contributed by atoms with van der Waals surface area (Å²) in [5.74, 6) is -0.247. The molecule has 4 heteroatoms. The average molecular weight is 239 g/mol. The van der Waals surface area contributed by atoms with E-state index >= 15 is 0 Å². The van der Waals surface area contributed by atoms with Gasteiger partial charge in [-0.15, -0.1) is 11.3 Å². The maximum Gasteiger partial charge on any atom is 0.267 e. The molecular weight excluding hydrogens is 222 g/mol. The lowest BCUT2D eigenvalue weighted by Gasteiger charge is -2.17. The first-order valence-electron chi connectivity index (χ1n) is 5.08. The molecule has 0 atom stereocenters. The number of hydrogen-bond acceptors (Lipinski definition) is 3. The van der Waals surface area contributed by atoms with Crippen molar-refractivity contribution in [1.82, 2.24) is 5.48 Å². The largest absolute Gasteiger partial charge is 0.268 e. The third-order valence-corrected chi connectivity index (χ3v) is 2.73. The van der Waals surface area contributed by atoms with Crippen molar-refractivity contribution in [2.75, 3.05) is 0 Å². The summed E-state index contributed by atoms with van der Waals surface area (Å²) in [4.78, 5) is 17.6. The van der Waals surface area contributed by atoms with E-state index in [1.165, 1.54) is 11.6 Å². The summed E-state index contributed by atoms with van der Waals surface area (Å²) in [5.41, 5.74) is 3.18. The van der Waals surface area contributed by atoms with Crippen LogP contribution in [-0.2, 0) is 9.63 Å². The van der Waals surface area contributed by atoms with Crippen LogP contribution in [0, 0.1) is 6.92 Å². The molecule has 0 spiro atoms. The maximum absolute atomic E-state index is 11.4. The van der Waals surface area contributed by atoms with Crippen molar-refractivity contribution in [1.29, 1.82) is 0 Å². The van der Waals surface area contributed by atoms with E-state index in [2.05, 4.69) is 5.48 Å². The van der Waals surface area contributed by atoms with E-state index in [0.29, 0.717) is 0 Å². The summed E-state index contributed by atoms with van der Waals surface area (Å²) in [6.07, 6.45) is 3.27. The fourth-order valence-corrected chi connectivity index (χ4v) is 1.76. The summed E-state index contributed by atoms with van der Waals surface area (Å²) in [5, 5.41) is 2.00. The van der Waals surface area contributed by atoms with Crippen molar-refractivity contribution in [3.8, 4) is 0 Å². The minimum Gasteiger partial charge on any atom is -0.268 e. The predicted octanol–water partition coefficient (Wildman–Crippen LogP) is 2.92. The number of carbonyl (C=O) groups excluding carboxylic acids is 1. The highest BCUT2D eigenvalue weighted by Crippen LogP contribution is 2.16. The highest BCUT2D eigenvalue weighted by atomic mass is 32.1. The van der Waals surface area contributed by atoms with Crippen LogP contribution >= 0.6 is 11.3 Å². The van der Waals surface area contributed by atoms with Gasteiger partial charge >= 0.3 is 0 Å². The number of aryl methyl sites for hydroxylation is 1. The molecular formula is C12H17NO2S. The molecule has 16 heavy (non-hydrogen) atoms. The lowest BCUT2D eigenvalue weighted by atomic mass is 10.2. The molecule has 0 unspecified atom stereocenters. The normalized spacial score (nSPS) is 12.0. The van der Waals surface area contributed by atoms with Gasteiger partial charge in [-0.25, -0.2) is 5.48 Å². The zero-order valence-corrected chi connectivity index (χ0v) is 10.9. The van der Waals surface area contributed by atoms with E-state index in [1.54, 1.807) is 17.4 Å². The van der Waals surface area contributed by atoms with Gasteiger partial charge in [0.2, 0.25) is 0 Å². The molecule has 0 aromatic carbocycles. The van der Waals surface area contributed by atoms with Crippen LogP contribution in [0.3, 0.4) is 0 Å². The Hall–Kier alpha value is -1.13. The Morgan fingerprint density at radius 2 is 2.19 bits per heavy atom. The Bertz CT molecular complexity index is 388. The molecule has 1 aromatic rings. The van der Waals surface area contributed by atoms with E-state index in [9.17, 15) is 4.79 Å². The molecule has 0 aliphatic carbocycles. The number of rotatable bonds is 3. The van der Waals surface area contributed by atoms with Gasteiger partial charge in [-0.05, 0) is 50.8 Å². The van der Waals surface area contributed by atoms with Gasteiger partial charge in [-0.1, -0.05) is 0 Å². The van der Waals surface area contributed by atoms with Gasteiger partial charge in [0.25, 0.3) is 5.91 Å². The van der Waals surface area contributed by atoms with Crippen molar-refractivity contribution in [2.24, 2.45) is 0 Å². The molecule has 1 amide bonds. The summed E-state index contributed by atoms with van der Waals surface area (Å²) < 4.78 is 0. The highest BCUT2D eigenvalue weighted by molar-refractivity contribution is 7.11. The summed E-state index contributed by atoms with van der Waals surface area (Å²) in [6, 6.07) is 2.02. The standard InChI is InChI=1S/C12H17NO2S/c1-9-7-8-16-10(9)5-6-11(14)13-15-12(2,3)4/h5-8H,1-4H3,(H,13,14)/b6-5+. The maximum atomic E-state index is 11.4. The van der Waals surface area contributed by atoms with E-state index in [-0.39, 0.29) is 11.5 Å². The number of hydrogen-bond donors (Lipinski definition) is 1. The second-order valence-corrected chi connectivity index (χ2v) is 5.43. The van der Waals surface area contributed by atoms with Gasteiger partial charge in [0.05, 0.1) is 5.60 Å². The number of carbonyl (C=O) groups is 1. The quantitative estimate of drug-likeness (QED) is 0.650. The topological polar surface area (TPSA) is 38.3 Å². The van der Waals surface area contributed by atoms with Crippen LogP contribution in [0.4, 0.5) is 0 Å². The van der Waals surface area contributed by atoms with Crippen LogP contribution in [0.2, 0.25) is 0 Å². The zero-order chi connectivity index (χ0) is 12.2. The summed E-state index contributed by atoms with van der Waals surface area (Å²) in [7, 11) is 0. The van der Waals surface area contributed by atoms with Gasteiger partial charge in [-0.2, -0.15) is 0 Å². The van der Waals surface area contributed by atoms with Crippen molar-refractivity contribution < 1.29 is 9.63 Å². The number of nitrogens with one attached hydrogen (secondary N) is 1. The van der Waals surface area contributed by atoms with Gasteiger partial charge < -0.3 is 0 Å². The third kappa shape index (κ3) is 4.59. The smallest absolute Gasteiger partial charge is 0.267 e. The van der Waals surface area contributed by atoms with E-state index < -0.39 is 0 Å². The average Bonchev–Trinajstić information content (AvgIpc) is 2.57. The van der Waals surface area contributed by atoms with Crippen LogP contribution in [0.25, 0.3) is 6.08 Å². The SMILES string of the molecule is Cc1ccsc1/C=C/C(=O)NOC(C)(C)C. The fraction of sp³-hybridized carbons (Fsp3) is 0.417. The van der Waals surface area contributed by atoms with Crippen LogP contribution < -0.4 is 5.48 Å². The summed E-state index contributed by atoms with van der Waals surface area (Å²) >= 11 is 1.61. The van der Waals surface area contributed by atoms with Gasteiger partial charge in [0.1, 0.15) is 0 Å². The predicted molar refractivity (Wildman–Crippen MR) is 67.1 cm³/mol. The Kier molecular flexibility index (Phi) is 4.26. The second kappa shape index (κ2) is 5.27. The zero-order valence-electron chi connectivity index (χ0n) is 10.0. The molecule has 88 valence electrons. The Balaban J connectivity index is 2.46. The molecule has 0 aliphatic heterocycles. The third-order valence-electron chi connectivity index (χ3n) is 1.75. The lowest BCUT2D eigenvalue weighted by Crippen LogP contribution is -2.32. The van der Waals surface area contributed by atoms with Gasteiger partial charge in [-0.3, -0.25) is 9.63 Å². The first-order valence-corrected chi connectivity index (χ1v) is 5.96. The van der Waals surface area contributed by atoms with E-state index in [1.807, 2.05) is 39.1 Å². The molecule has 1 aromatic heterocycles. The number of hydroxylamine groups is 1. The Morgan fingerprint density at radius 1 is 1.50 bits per heavy atom. The van der Waals surface area contributed by atoms with E-state index in [4.69, 9.17) is 4.84 Å². The molecule has 0 radical (unpaired) electrons. The minimum atomic E-state index is -0.373. The molecule has 1 rings (SSSR count). The first kappa shape index (κ1) is 12.9. The fourth-order valence-electron chi connectivity index (χ4n) is 0.944. The molecule has 1 N–H and O–H groups in total. The van der Waals surface area contributed by atoms with Crippen molar-refractivity contribution in [2.45, 2.75) is 33.3 Å². The van der Waals surface area contributed by atoms with Crippen LogP contribution in [0.1, 0.15) is 31.2 Å². The first-order chi connectivity index (χ1) is 7.38. The monoisotopic (exact) mass is 239 g/mol. The van der Waals surface area contributed by atoms with Crippen molar-refractivity contribution in [3.63, 3.8) is 0 Å². The molecule has 0 saturated heterocycles. The van der Waals surface area contributed by atoms with Crippen molar-refractivity contribution in [3.05, 3.63) is 28.0 Å². The van der Waals surface area contributed by atoms with E-state index in [0.717, 1.165) is 4.88 Å². The molecule has 0 saturated carbocycles. The van der Waals surface area contributed by atoms with Crippen LogP contribution in [0.15, 0.2) is 17.5 Å². The highest BCUT2D eigenvalue weighted by Gasteiger charge is 2.11. The molecule has 1 heterocycles. The number of amides is 1. The second-order valence-electron chi connectivity index (χ2n) is 4.48. The van der Waals surface area contributed by atoms with Gasteiger partial charge in [0, 0.05) is 11.0 Å². The van der Waals surface area contributed by atoms with Gasteiger partial charge in [0.15, 0.2) is 0 Å². The molecule has 0 aliphatic rings. The van der Waals surface area contributed by atoms with Crippen LogP contribution in [0.5, 0.6) is 0 Å². The minimum absolute atomic E-state index is 0.247. The Labute approximate surface area is 100 Å². The Morgan fingerprint density at radius 3 is 2.69 bits per heavy atom. The summed E-state index contributed by atoms with van der Waals surface area (Å²) in [6.45, 7) is 7.64. The molecule has 0 fully saturated rings. The lowest BCUT2D eigenvalue weighted by molar-refractivity contribution is -0.140. The number of thiophene rings is 1.